The van der Waals surface area contributed by atoms with Crippen LogP contribution in [0.1, 0.15) is 44.7 Å². The van der Waals surface area contributed by atoms with Crippen molar-refractivity contribution in [1.29, 1.82) is 0 Å². The van der Waals surface area contributed by atoms with E-state index in [0.717, 1.165) is 24.0 Å². The van der Waals surface area contributed by atoms with Gasteiger partial charge in [0.05, 0.1) is 7.11 Å². The maximum absolute atomic E-state index is 10.2. The Morgan fingerprint density at radius 2 is 1.91 bits per heavy atom. The van der Waals surface area contributed by atoms with E-state index in [1.54, 1.807) is 13.2 Å². The molecular weight excluding hydrogens is 276 g/mol. The number of aromatic hydroxyl groups is 1. The molecule has 0 atom stereocenters. The van der Waals surface area contributed by atoms with Crippen LogP contribution in [-0.4, -0.2) is 23.9 Å². The summed E-state index contributed by atoms with van der Waals surface area (Å²) in [5.41, 5.74) is 4.32. The molecule has 0 aromatic heterocycles. The number of hydrogen-bond donors (Lipinski definition) is 2. The molecule has 0 heterocycles. The molecule has 0 aliphatic rings. The monoisotopic (exact) mass is 304 g/mol. The number of hydrogen-bond acceptors (Lipinski definition) is 3. The number of benzene rings is 1. The third-order valence-corrected chi connectivity index (χ3v) is 3.61. The van der Waals surface area contributed by atoms with Crippen LogP contribution in [0.4, 0.5) is 0 Å². The van der Waals surface area contributed by atoms with Gasteiger partial charge in [-0.3, -0.25) is 0 Å². The predicted octanol–water partition coefficient (Wildman–Crippen LogP) is 4.17. The van der Waals surface area contributed by atoms with Gasteiger partial charge in [-0.2, -0.15) is 0 Å². The Hall–Kier alpha value is -1.74. The van der Waals surface area contributed by atoms with Crippen molar-refractivity contribution >= 4 is 0 Å². The standard InChI is InChI=1S/C19H28O3/c1-14(2)6-5-7-15(3)8-9-17-18(21)12-16(10-11-20)13-19(17)22-4/h6,8,12-13,20-21H,5,7,9-11H2,1-4H3/b15-8+. The van der Waals surface area contributed by atoms with Crippen LogP contribution in [0.15, 0.2) is 35.4 Å². The second kappa shape index (κ2) is 9.31. The fraction of sp³-hybridized carbons (Fsp3) is 0.474. The number of aliphatic hydroxyl groups is 1. The summed E-state index contributed by atoms with van der Waals surface area (Å²) in [6.07, 6.45) is 7.61. The summed E-state index contributed by atoms with van der Waals surface area (Å²) in [6, 6.07) is 3.60. The van der Waals surface area contributed by atoms with Gasteiger partial charge in [-0.1, -0.05) is 23.3 Å². The molecule has 0 amide bonds. The van der Waals surface area contributed by atoms with E-state index in [1.807, 2.05) is 6.07 Å². The Morgan fingerprint density at radius 1 is 1.18 bits per heavy atom. The van der Waals surface area contributed by atoms with Gasteiger partial charge < -0.3 is 14.9 Å². The van der Waals surface area contributed by atoms with Crippen molar-refractivity contribution in [3.63, 3.8) is 0 Å². The summed E-state index contributed by atoms with van der Waals surface area (Å²) < 4.78 is 5.38. The van der Waals surface area contributed by atoms with E-state index in [1.165, 1.54) is 11.1 Å². The first-order valence-electron chi connectivity index (χ1n) is 7.76. The average Bonchev–Trinajstić information content (AvgIpc) is 2.45. The topological polar surface area (TPSA) is 49.7 Å². The lowest BCUT2D eigenvalue weighted by Crippen LogP contribution is -1.97. The first kappa shape index (κ1) is 18.3. The van der Waals surface area contributed by atoms with Crippen LogP contribution in [0.2, 0.25) is 0 Å². The summed E-state index contributed by atoms with van der Waals surface area (Å²) in [6.45, 7) is 6.39. The molecule has 22 heavy (non-hydrogen) atoms. The number of allylic oxidation sites excluding steroid dienone is 4. The molecule has 1 rings (SSSR count). The van der Waals surface area contributed by atoms with Crippen molar-refractivity contribution in [2.75, 3.05) is 13.7 Å². The SMILES string of the molecule is COc1cc(CCO)cc(O)c1C/C=C(\C)CCC=C(C)C. The molecule has 0 saturated heterocycles. The fourth-order valence-electron chi connectivity index (χ4n) is 2.31. The zero-order valence-corrected chi connectivity index (χ0v) is 14.1. The van der Waals surface area contributed by atoms with Crippen molar-refractivity contribution in [1.82, 2.24) is 0 Å². The minimum absolute atomic E-state index is 0.0608. The van der Waals surface area contributed by atoms with E-state index in [4.69, 9.17) is 9.84 Å². The lowest BCUT2D eigenvalue weighted by atomic mass is 10.0. The van der Waals surface area contributed by atoms with Crippen molar-refractivity contribution in [3.05, 3.63) is 46.6 Å². The van der Waals surface area contributed by atoms with Gasteiger partial charge in [0.1, 0.15) is 11.5 Å². The molecule has 0 bridgehead atoms. The Bertz CT molecular complexity index is 538. The molecular formula is C19H28O3. The number of rotatable bonds is 8. The van der Waals surface area contributed by atoms with Gasteiger partial charge in [-0.15, -0.1) is 0 Å². The quantitative estimate of drug-likeness (QED) is 0.709. The van der Waals surface area contributed by atoms with E-state index in [2.05, 4.69) is 32.9 Å². The highest BCUT2D eigenvalue weighted by Crippen LogP contribution is 2.31. The molecule has 0 fully saturated rings. The molecule has 0 aliphatic carbocycles. The Kier molecular flexibility index (Phi) is 7.75. The molecule has 3 nitrogen and oxygen atoms in total. The second-order valence-electron chi connectivity index (χ2n) is 5.84. The van der Waals surface area contributed by atoms with Crippen molar-refractivity contribution in [2.24, 2.45) is 0 Å². The zero-order valence-electron chi connectivity index (χ0n) is 14.1. The highest BCUT2D eigenvalue weighted by Gasteiger charge is 2.10. The van der Waals surface area contributed by atoms with Gasteiger partial charge in [-0.25, -0.2) is 0 Å². The number of aliphatic hydroxyl groups excluding tert-OH is 1. The van der Waals surface area contributed by atoms with E-state index in [0.29, 0.717) is 18.6 Å². The van der Waals surface area contributed by atoms with Gasteiger partial charge in [-0.05, 0) is 64.2 Å². The second-order valence-corrected chi connectivity index (χ2v) is 5.84. The summed E-state index contributed by atoms with van der Waals surface area (Å²) in [5.74, 6) is 0.910. The van der Waals surface area contributed by atoms with Crippen LogP contribution in [0.3, 0.4) is 0 Å². The van der Waals surface area contributed by atoms with Crippen LogP contribution in [0, 0.1) is 0 Å². The molecule has 0 unspecified atom stereocenters. The number of phenolic OH excluding ortho intramolecular Hbond substituents is 1. The van der Waals surface area contributed by atoms with E-state index < -0.39 is 0 Å². The van der Waals surface area contributed by atoms with Crippen LogP contribution >= 0.6 is 0 Å². The predicted molar refractivity (Wildman–Crippen MR) is 91.6 cm³/mol. The molecule has 0 spiro atoms. The van der Waals surface area contributed by atoms with Crippen molar-refractivity contribution < 1.29 is 14.9 Å². The van der Waals surface area contributed by atoms with Gasteiger partial charge in [0.25, 0.3) is 0 Å². The number of methoxy groups -OCH3 is 1. The molecule has 0 aliphatic heterocycles. The Morgan fingerprint density at radius 3 is 2.50 bits per heavy atom. The minimum atomic E-state index is 0.0608. The van der Waals surface area contributed by atoms with Crippen LogP contribution in [0.25, 0.3) is 0 Å². The third kappa shape index (κ3) is 5.94. The van der Waals surface area contributed by atoms with Crippen LogP contribution in [0.5, 0.6) is 11.5 Å². The molecule has 1 aromatic rings. The normalized spacial score (nSPS) is 11.4. The van der Waals surface area contributed by atoms with Gasteiger partial charge in [0, 0.05) is 12.2 Å². The van der Waals surface area contributed by atoms with E-state index >= 15 is 0 Å². The maximum atomic E-state index is 10.2. The number of phenols is 1. The largest absolute Gasteiger partial charge is 0.508 e. The van der Waals surface area contributed by atoms with Crippen molar-refractivity contribution in [3.8, 4) is 11.5 Å². The molecule has 3 heteroatoms. The summed E-state index contributed by atoms with van der Waals surface area (Å²) in [7, 11) is 1.60. The van der Waals surface area contributed by atoms with Gasteiger partial charge >= 0.3 is 0 Å². The molecule has 1 aromatic carbocycles. The third-order valence-electron chi connectivity index (χ3n) is 3.61. The lowest BCUT2D eigenvalue weighted by molar-refractivity contribution is 0.299. The van der Waals surface area contributed by atoms with E-state index in [9.17, 15) is 5.11 Å². The smallest absolute Gasteiger partial charge is 0.126 e. The first-order chi connectivity index (χ1) is 10.5. The molecule has 122 valence electrons. The fourth-order valence-corrected chi connectivity index (χ4v) is 2.31. The Labute approximate surface area is 133 Å². The van der Waals surface area contributed by atoms with Crippen LogP contribution in [-0.2, 0) is 12.8 Å². The van der Waals surface area contributed by atoms with Gasteiger partial charge in [0.15, 0.2) is 0 Å². The summed E-state index contributed by atoms with van der Waals surface area (Å²) in [4.78, 5) is 0. The molecule has 0 saturated carbocycles. The van der Waals surface area contributed by atoms with Crippen LogP contribution < -0.4 is 4.74 Å². The van der Waals surface area contributed by atoms with E-state index in [-0.39, 0.29) is 12.4 Å². The lowest BCUT2D eigenvalue weighted by Gasteiger charge is -2.12. The minimum Gasteiger partial charge on any atom is -0.508 e. The maximum Gasteiger partial charge on any atom is 0.126 e. The molecule has 2 N–H and O–H groups in total. The number of ether oxygens (including phenoxy) is 1. The summed E-state index contributed by atoms with van der Waals surface area (Å²) in [5, 5.41) is 19.2. The highest BCUT2D eigenvalue weighted by atomic mass is 16.5. The first-order valence-corrected chi connectivity index (χ1v) is 7.76. The highest BCUT2D eigenvalue weighted by molar-refractivity contribution is 5.48. The Balaban J connectivity index is 2.81. The average molecular weight is 304 g/mol. The summed E-state index contributed by atoms with van der Waals surface area (Å²) >= 11 is 0. The molecule has 0 radical (unpaired) electrons. The van der Waals surface area contributed by atoms with Crippen molar-refractivity contribution in [2.45, 2.75) is 46.5 Å². The zero-order chi connectivity index (χ0) is 16.5. The van der Waals surface area contributed by atoms with Gasteiger partial charge in [0.2, 0.25) is 0 Å².